The maximum absolute atomic E-state index is 12.7. The number of carboxylic acids is 3. The molecule has 1 unspecified atom stereocenters. The monoisotopic (exact) mass is 513 g/mol. The lowest BCUT2D eigenvalue weighted by atomic mass is 10.1. The van der Waals surface area contributed by atoms with Gasteiger partial charge in [-0.1, -0.05) is 30.3 Å². The highest BCUT2D eigenvalue weighted by Crippen LogP contribution is 2.09. The van der Waals surface area contributed by atoms with E-state index in [2.05, 4.69) is 10.2 Å². The molecule has 5 N–H and O–H groups in total. The van der Waals surface area contributed by atoms with E-state index >= 15 is 0 Å². The number of benzene rings is 1. The molecule has 0 aliphatic carbocycles. The van der Waals surface area contributed by atoms with Gasteiger partial charge in [-0.15, -0.1) is 5.06 Å². The summed E-state index contributed by atoms with van der Waals surface area (Å²) in [5.41, 5.74) is 0.748. The van der Waals surface area contributed by atoms with Crippen LogP contribution in [0, 0.1) is 0 Å². The molecular formula is C21H27N3O12. The Morgan fingerprint density at radius 2 is 1.44 bits per heavy atom. The third kappa shape index (κ3) is 12.9. The van der Waals surface area contributed by atoms with Crippen molar-refractivity contribution in [2.45, 2.75) is 25.5 Å². The van der Waals surface area contributed by atoms with Gasteiger partial charge in [0, 0.05) is 13.1 Å². The summed E-state index contributed by atoms with van der Waals surface area (Å²) >= 11 is 0. The molecule has 0 aliphatic heterocycles. The number of nitrogens with one attached hydrogen (secondary N) is 1. The number of ether oxygens (including phenoxy) is 1. The van der Waals surface area contributed by atoms with Crippen molar-refractivity contribution < 1.29 is 58.8 Å². The zero-order valence-corrected chi connectivity index (χ0v) is 19.1. The fourth-order valence-electron chi connectivity index (χ4n) is 2.96. The van der Waals surface area contributed by atoms with Crippen molar-refractivity contribution in [1.82, 2.24) is 15.3 Å². The lowest BCUT2D eigenvalue weighted by molar-refractivity contribution is -0.176. The van der Waals surface area contributed by atoms with Crippen LogP contribution in [-0.2, 0) is 40.2 Å². The molecule has 1 amide bonds. The van der Waals surface area contributed by atoms with E-state index in [4.69, 9.17) is 25.2 Å². The van der Waals surface area contributed by atoms with Crippen molar-refractivity contribution in [3.8, 4) is 0 Å². The van der Waals surface area contributed by atoms with Crippen LogP contribution in [0.3, 0.4) is 0 Å². The van der Waals surface area contributed by atoms with Crippen molar-refractivity contribution in [3.05, 3.63) is 35.9 Å². The molecule has 0 aromatic heterocycles. The predicted molar refractivity (Wildman–Crippen MR) is 117 cm³/mol. The van der Waals surface area contributed by atoms with Gasteiger partial charge in [0.2, 0.25) is 5.91 Å². The van der Waals surface area contributed by atoms with Gasteiger partial charge < -0.3 is 35.3 Å². The molecule has 0 radical (unpaired) electrons. The smallest absolute Gasteiger partial charge is 0.480 e. The Kier molecular flexibility index (Phi) is 12.9. The number of hydrogen-bond acceptors (Lipinski definition) is 10. The molecule has 1 rings (SSSR count). The first-order chi connectivity index (χ1) is 17.0. The van der Waals surface area contributed by atoms with Crippen LogP contribution in [0.4, 0.5) is 4.79 Å². The Balaban J connectivity index is 2.82. The van der Waals surface area contributed by atoms with Gasteiger partial charge in [0.1, 0.15) is 19.2 Å². The highest BCUT2D eigenvalue weighted by atomic mass is 16.8. The zero-order valence-electron chi connectivity index (χ0n) is 19.1. The largest absolute Gasteiger partial charge is 0.525 e. The number of aliphatic carboxylic acids is 3. The van der Waals surface area contributed by atoms with Crippen LogP contribution >= 0.6 is 0 Å². The van der Waals surface area contributed by atoms with Crippen LogP contribution in [0.5, 0.6) is 0 Å². The van der Waals surface area contributed by atoms with Crippen LogP contribution in [0.2, 0.25) is 0 Å². The van der Waals surface area contributed by atoms with Crippen molar-refractivity contribution >= 4 is 35.9 Å². The fraction of sp³-hybridized carbons (Fsp3) is 0.429. The minimum Gasteiger partial charge on any atom is -0.480 e. The van der Waals surface area contributed by atoms with E-state index in [9.17, 15) is 28.8 Å². The first-order valence-electron chi connectivity index (χ1n) is 10.5. The molecule has 15 nitrogen and oxygen atoms in total. The minimum absolute atomic E-state index is 0.0120. The van der Waals surface area contributed by atoms with Crippen molar-refractivity contribution in [2.75, 3.05) is 32.7 Å². The molecule has 1 atom stereocenters. The molecule has 15 heteroatoms. The molecule has 0 heterocycles. The van der Waals surface area contributed by atoms with Crippen LogP contribution in [0.1, 0.15) is 18.4 Å². The molecule has 198 valence electrons. The second kappa shape index (κ2) is 15.6. The third-order valence-corrected chi connectivity index (χ3v) is 4.44. The molecule has 0 saturated heterocycles. The summed E-state index contributed by atoms with van der Waals surface area (Å²) in [6.07, 6.45) is -2.56. The van der Waals surface area contributed by atoms with Crippen LogP contribution in [0.25, 0.3) is 0 Å². The quantitative estimate of drug-likeness (QED) is 0.130. The predicted octanol–water partition coefficient (Wildman–Crippen LogP) is -0.538. The van der Waals surface area contributed by atoms with Crippen LogP contribution < -0.4 is 5.32 Å². The van der Waals surface area contributed by atoms with Gasteiger partial charge in [-0.3, -0.25) is 28.9 Å². The number of nitrogens with zero attached hydrogens (tertiary/aromatic N) is 2. The second-order valence-corrected chi connectivity index (χ2v) is 7.32. The lowest BCUT2D eigenvalue weighted by Gasteiger charge is -2.28. The summed E-state index contributed by atoms with van der Waals surface area (Å²) in [6, 6.07) is 7.23. The van der Waals surface area contributed by atoms with E-state index in [0.29, 0.717) is 5.06 Å². The number of carbonyl (C=O) groups is 6. The number of esters is 1. The summed E-state index contributed by atoms with van der Waals surface area (Å²) < 4.78 is 5.08. The Morgan fingerprint density at radius 3 is 1.97 bits per heavy atom. The highest BCUT2D eigenvalue weighted by molar-refractivity contribution is 5.83. The van der Waals surface area contributed by atoms with Crippen molar-refractivity contribution in [1.29, 1.82) is 0 Å². The summed E-state index contributed by atoms with van der Waals surface area (Å²) in [7, 11) is 0. The van der Waals surface area contributed by atoms with Gasteiger partial charge in [0.25, 0.3) is 0 Å². The first kappa shape index (κ1) is 29.8. The number of hydrogen-bond donors (Lipinski definition) is 5. The highest BCUT2D eigenvalue weighted by Gasteiger charge is 2.32. The molecule has 1 aromatic carbocycles. The van der Waals surface area contributed by atoms with E-state index in [-0.39, 0.29) is 26.1 Å². The molecule has 1 aromatic rings. The van der Waals surface area contributed by atoms with Gasteiger partial charge in [0.05, 0.1) is 19.5 Å². The first-order valence-corrected chi connectivity index (χ1v) is 10.5. The SMILES string of the molecule is O=C(O)CN(CCC(C(=O)NCCC(=O)OCc1ccccc1)N(CC(=O)O)OC(=O)O)CC(=O)O. The second-order valence-electron chi connectivity index (χ2n) is 7.32. The Bertz CT molecular complexity index is 892. The van der Waals surface area contributed by atoms with E-state index in [1.165, 1.54) is 0 Å². The number of rotatable bonds is 17. The molecule has 0 aliphatic rings. The van der Waals surface area contributed by atoms with E-state index in [1.54, 1.807) is 30.3 Å². The van der Waals surface area contributed by atoms with Crippen LogP contribution in [0.15, 0.2) is 30.3 Å². The Labute approximate surface area is 204 Å². The summed E-state index contributed by atoms with van der Waals surface area (Å²) in [4.78, 5) is 74.2. The van der Waals surface area contributed by atoms with Gasteiger partial charge in [-0.25, -0.2) is 4.79 Å². The molecular weight excluding hydrogens is 486 g/mol. The van der Waals surface area contributed by atoms with Gasteiger partial charge in [-0.05, 0) is 12.0 Å². The minimum atomic E-state index is -1.91. The molecule has 36 heavy (non-hydrogen) atoms. The van der Waals surface area contributed by atoms with E-state index in [1.807, 2.05) is 0 Å². The Hall–Kier alpha value is -4.24. The summed E-state index contributed by atoms with van der Waals surface area (Å²) in [6.45, 7) is -3.02. The van der Waals surface area contributed by atoms with Gasteiger partial charge in [-0.2, -0.15) is 0 Å². The van der Waals surface area contributed by atoms with Crippen molar-refractivity contribution in [2.24, 2.45) is 0 Å². The number of carboxylic acid groups (broad SMARTS) is 4. The summed E-state index contributed by atoms with van der Waals surface area (Å²) in [5, 5.41) is 38.6. The normalized spacial score (nSPS) is 11.5. The average Bonchev–Trinajstić information content (AvgIpc) is 2.76. The number of carbonyl (C=O) groups excluding carboxylic acids is 2. The lowest BCUT2D eigenvalue weighted by Crippen LogP contribution is -2.51. The maximum atomic E-state index is 12.7. The average molecular weight is 513 g/mol. The van der Waals surface area contributed by atoms with E-state index in [0.717, 1.165) is 10.5 Å². The van der Waals surface area contributed by atoms with Gasteiger partial charge >= 0.3 is 30.0 Å². The van der Waals surface area contributed by atoms with E-state index < -0.39 is 68.0 Å². The summed E-state index contributed by atoms with van der Waals surface area (Å²) in [5.74, 6) is -5.81. The fourth-order valence-corrected chi connectivity index (χ4v) is 2.96. The molecule has 0 saturated carbocycles. The maximum Gasteiger partial charge on any atom is 0.525 e. The van der Waals surface area contributed by atoms with Gasteiger partial charge in [0.15, 0.2) is 0 Å². The number of amides is 1. The molecule has 0 spiro atoms. The zero-order chi connectivity index (χ0) is 27.1. The van der Waals surface area contributed by atoms with Crippen molar-refractivity contribution in [3.63, 3.8) is 0 Å². The third-order valence-electron chi connectivity index (χ3n) is 4.44. The molecule has 0 bridgehead atoms. The number of hydroxylamine groups is 2. The topological polar surface area (TPSA) is 220 Å². The van der Waals surface area contributed by atoms with Crippen LogP contribution in [-0.4, -0.2) is 105 Å². The Morgan fingerprint density at radius 1 is 0.861 bits per heavy atom. The standard InChI is InChI=1S/C21H27N3O12/c25-16(26)10-23(11-17(27)28)9-7-15(24(12-18(29)30)36-21(33)34)20(32)22-8-6-19(31)35-13-14-4-2-1-3-5-14/h1-5,15H,6-13H2,(H,22,32)(H,25,26)(H,27,28)(H,29,30)(H,33,34). The molecule has 0 fully saturated rings.